The van der Waals surface area contributed by atoms with E-state index in [0.717, 1.165) is 32.5 Å². The van der Waals surface area contributed by atoms with Crippen LogP contribution >= 0.6 is 0 Å². The summed E-state index contributed by atoms with van der Waals surface area (Å²) in [7, 11) is 0. The zero-order valence-corrected chi connectivity index (χ0v) is 9.38. The van der Waals surface area contributed by atoms with Gasteiger partial charge in [-0.25, -0.2) is 0 Å². The third kappa shape index (κ3) is 6.68. The predicted molar refractivity (Wildman–Crippen MR) is 60.1 cm³/mol. The maximum absolute atomic E-state index is 11.4. The second-order valence-electron chi connectivity index (χ2n) is 3.37. The molecule has 0 unspecified atom stereocenters. The molecule has 0 radical (unpaired) electrons. The fraction of sp³-hybridized carbons (Fsp3) is 0.750. The Bertz CT molecular complexity index is 189. The van der Waals surface area contributed by atoms with Crippen molar-refractivity contribution >= 4 is 5.78 Å². The van der Waals surface area contributed by atoms with Crippen molar-refractivity contribution in [2.24, 2.45) is 0 Å². The number of ketones is 1. The van der Waals surface area contributed by atoms with Crippen molar-refractivity contribution in [1.29, 1.82) is 0 Å². The highest BCUT2D eigenvalue weighted by Gasteiger charge is 2.04. The van der Waals surface area contributed by atoms with E-state index in [1.807, 2.05) is 0 Å². The van der Waals surface area contributed by atoms with Gasteiger partial charge in [-0.05, 0) is 19.5 Å². The molecular formula is C12H21NO. The summed E-state index contributed by atoms with van der Waals surface area (Å²) in [5.74, 6) is 2.89. The first kappa shape index (κ1) is 13.2. The van der Waals surface area contributed by atoms with Gasteiger partial charge in [0.05, 0.1) is 0 Å². The van der Waals surface area contributed by atoms with Gasteiger partial charge in [-0.1, -0.05) is 13.8 Å². The van der Waals surface area contributed by atoms with Crippen molar-refractivity contribution in [1.82, 2.24) is 4.90 Å². The van der Waals surface area contributed by atoms with Gasteiger partial charge in [0, 0.05) is 25.8 Å². The van der Waals surface area contributed by atoms with Gasteiger partial charge in [0.1, 0.15) is 5.78 Å². The molecule has 0 aliphatic rings. The van der Waals surface area contributed by atoms with E-state index in [1.54, 1.807) is 0 Å². The lowest BCUT2D eigenvalue weighted by atomic mass is 10.1. The second kappa shape index (κ2) is 8.77. The van der Waals surface area contributed by atoms with Crippen molar-refractivity contribution < 1.29 is 4.79 Å². The first-order valence-corrected chi connectivity index (χ1v) is 5.42. The molecule has 0 aliphatic carbocycles. The standard InChI is InChI=1S/C12H21NO/c1-4-7-8-9-12(14)10-11-13(5-2)6-3/h1H,5-11H2,2-3H3. The van der Waals surface area contributed by atoms with Crippen LogP contribution in [0, 0.1) is 12.3 Å². The van der Waals surface area contributed by atoms with Crippen LogP contribution in [0.5, 0.6) is 0 Å². The third-order valence-electron chi connectivity index (χ3n) is 2.38. The fourth-order valence-corrected chi connectivity index (χ4v) is 1.34. The summed E-state index contributed by atoms with van der Waals surface area (Å²) in [5.41, 5.74) is 0. The molecular weight excluding hydrogens is 174 g/mol. The van der Waals surface area contributed by atoms with E-state index in [1.165, 1.54) is 0 Å². The number of Topliss-reactive ketones (excluding diaryl/α,β-unsaturated/α-hetero) is 1. The average molecular weight is 195 g/mol. The number of unbranched alkanes of at least 4 members (excludes halogenated alkanes) is 1. The van der Waals surface area contributed by atoms with Crippen LogP contribution < -0.4 is 0 Å². The van der Waals surface area contributed by atoms with Crippen LogP contribution in [-0.4, -0.2) is 30.3 Å². The number of hydrogen-bond donors (Lipinski definition) is 0. The van der Waals surface area contributed by atoms with E-state index in [0.29, 0.717) is 18.6 Å². The van der Waals surface area contributed by atoms with E-state index in [4.69, 9.17) is 6.42 Å². The number of rotatable bonds is 8. The minimum absolute atomic E-state index is 0.340. The SMILES string of the molecule is C#CCCCC(=O)CCN(CC)CC. The monoisotopic (exact) mass is 195 g/mol. The number of nitrogens with zero attached hydrogens (tertiary/aromatic N) is 1. The third-order valence-corrected chi connectivity index (χ3v) is 2.38. The van der Waals surface area contributed by atoms with Gasteiger partial charge in [-0.2, -0.15) is 0 Å². The lowest BCUT2D eigenvalue weighted by Gasteiger charge is -2.16. The van der Waals surface area contributed by atoms with E-state index >= 15 is 0 Å². The maximum Gasteiger partial charge on any atom is 0.134 e. The van der Waals surface area contributed by atoms with Crippen LogP contribution in [0.15, 0.2) is 0 Å². The molecule has 0 bridgehead atoms. The Labute approximate surface area is 87.7 Å². The first-order chi connectivity index (χ1) is 6.74. The van der Waals surface area contributed by atoms with Crippen molar-refractivity contribution in [3.05, 3.63) is 0 Å². The van der Waals surface area contributed by atoms with Gasteiger partial charge in [-0.3, -0.25) is 4.79 Å². The predicted octanol–water partition coefficient (Wildman–Crippen LogP) is 2.09. The molecule has 0 saturated carbocycles. The number of carbonyl (C=O) groups is 1. The summed E-state index contributed by atoms with van der Waals surface area (Å²) >= 11 is 0. The molecule has 0 aromatic carbocycles. The first-order valence-electron chi connectivity index (χ1n) is 5.42. The van der Waals surface area contributed by atoms with Crippen LogP contribution in [0.3, 0.4) is 0 Å². The summed E-state index contributed by atoms with van der Waals surface area (Å²) < 4.78 is 0. The highest BCUT2D eigenvalue weighted by atomic mass is 16.1. The molecule has 80 valence electrons. The molecule has 0 heterocycles. The summed E-state index contributed by atoms with van der Waals surface area (Å²) in [4.78, 5) is 13.6. The molecule has 0 spiro atoms. The molecule has 0 rings (SSSR count). The van der Waals surface area contributed by atoms with Crippen molar-refractivity contribution in [3.63, 3.8) is 0 Å². The van der Waals surface area contributed by atoms with Crippen LogP contribution in [0.2, 0.25) is 0 Å². The maximum atomic E-state index is 11.4. The average Bonchev–Trinajstić information content (AvgIpc) is 2.20. The molecule has 0 saturated heterocycles. The lowest BCUT2D eigenvalue weighted by Crippen LogP contribution is -2.25. The minimum Gasteiger partial charge on any atom is -0.303 e. The Kier molecular flexibility index (Phi) is 8.27. The van der Waals surface area contributed by atoms with Gasteiger partial charge >= 0.3 is 0 Å². The Morgan fingerprint density at radius 1 is 1.29 bits per heavy atom. The lowest BCUT2D eigenvalue weighted by molar-refractivity contribution is -0.119. The van der Waals surface area contributed by atoms with Crippen molar-refractivity contribution in [2.75, 3.05) is 19.6 Å². The molecule has 0 N–H and O–H groups in total. The molecule has 0 aliphatic heterocycles. The largest absolute Gasteiger partial charge is 0.303 e. The Morgan fingerprint density at radius 3 is 2.43 bits per heavy atom. The van der Waals surface area contributed by atoms with E-state index in [9.17, 15) is 4.79 Å². The summed E-state index contributed by atoms with van der Waals surface area (Å²) in [6.45, 7) is 7.17. The molecule has 2 nitrogen and oxygen atoms in total. The summed E-state index contributed by atoms with van der Waals surface area (Å²) in [6.07, 6.45) is 7.99. The van der Waals surface area contributed by atoms with Gasteiger partial charge in [-0.15, -0.1) is 12.3 Å². The van der Waals surface area contributed by atoms with Crippen LogP contribution in [0.1, 0.15) is 39.5 Å². The number of terminal acetylenes is 1. The molecule has 0 aromatic rings. The highest BCUT2D eigenvalue weighted by molar-refractivity contribution is 5.78. The molecule has 2 heteroatoms. The minimum atomic E-state index is 0.340. The van der Waals surface area contributed by atoms with E-state index in [-0.39, 0.29) is 0 Å². The molecule has 14 heavy (non-hydrogen) atoms. The summed E-state index contributed by atoms with van der Waals surface area (Å²) in [6, 6.07) is 0. The quantitative estimate of drug-likeness (QED) is 0.436. The van der Waals surface area contributed by atoms with Gasteiger partial charge < -0.3 is 4.90 Å². The van der Waals surface area contributed by atoms with Gasteiger partial charge in [0.15, 0.2) is 0 Å². The Hall–Kier alpha value is -0.810. The van der Waals surface area contributed by atoms with Crippen molar-refractivity contribution in [3.8, 4) is 12.3 Å². The number of hydrogen-bond acceptors (Lipinski definition) is 2. The van der Waals surface area contributed by atoms with E-state index < -0.39 is 0 Å². The Morgan fingerprint density at radius 2 is 1.93 bits per heavy atom. The summed E-state index contributed by atoms with van der Waals surface area (Å²) in [5, 5.41) is 0. The van der Waals surface area contributed by atoms with Crippen molar-refractivity contribution in [2.45, 2.75) is 39.5 Å². The molecule has 0 amide bonds. The van der Waals surface area contributed by atoms with Gasteiger partial charge in [0.25, 0.3) is 0 Å². The second-order valence-corrected chi connectivity index (χ2v) is 3.37. The smallest absolute Gasteiger partial charge is 0.134 e. The molecule has 0 atom stereocenters. The normalized spacial score (nSPS) is 10.1. The molecule has 0 fully saturated rings. The number of carbonyl (C=O) groups excluding carboxylic acids is 1. The van der Waals surface area contributed by atoms with E-state index in [2.05, 4.69) is 24.7 Å². The zero-order valence-electron chi connectivity index (χ0n) is 9.38. The Balaban J connectivity index is 3.48. The zero-order chi connectivity index (χ0) is 10.8. The van der Waals surface area contributed by atoms with Crippen LogP contribution in [-0.2, 0) is 4.79 Å². The molecule has 0 aromatic heterocycles. The van der Waals surface area contributed by atoms with Crippen LogP contribution in [0.4, 0.5) is 0 Å². The topological polar surface area (TPSA) is 20.3 Å². The van der Waals surface area contributed by atoms with Crippen LogP contribution in [0.25, 0.3) is 0 Å². The fourth-order valence-electron chi connectivity index (χ4n) is 1.34. The highest BCUT2D eigenvalue weighted by Crippen LogP contribution is 2.00. The van der Waals surface area contributed by atoms with Gasteiger partial charge in [0.2, 0.25) is 0 Å².